The molecule has 0 spiro atoms. The monoisotopic (exact) mass is 415 g/mol. The summed E-state index contributed by atoms with van der Waals surface area (Å²) in [7, 11) is 1.87. The van der Waals surface area contributed by atoms with Crippen molar-refractivity contribution >= 4 is 5.91 Å². The molecule has 1 unspecified atom stereocenters. The van der Waals surface area contributed by atoms with Crippen molar-refractivity contribution in [3.63, 3.8) is 0 Å². The summed E-state index contributed by atoms with van der Waals surface area (Å²) >= 11 is 0. The van der Waals surface area contributed by atoms with E-state index in [0.29, 0.717) is 25.1 Å². The summed E-state index contributed by atoms with van der Waals surface area (Å²) in [4.78, 5) is 17.2. The second kappa shape index (κ2) is 9.18. The number of piperidine rings is 1. The predicted octanol–water partition coefficient (Wildman–Crippen LogP) is 2.98. The first kappa shape index (κ1) is 20.9. The normalized spacial score (nSPS) is 20.8. The van der Waals surface area contributed by atoms with Gasteiger partial charge in [-0.25, -0.2) is 4.39 Å². The first-order chi connectivity index (χ1) is 14.5. The standard InChI is InChI=1S/C23H30FN3O3/c1-25-13-9-20-22(25)21(28)10-16-27(23(20)29)12-2-11-26-14-7-19(8-15-26)30-18-5-3-17(24)4-6-18/h3-6,9,13,19,21,28H,2,7-8,10-12,14-16H2,1H3. The van der Waals surface area contributed by atoms with Crippen LogP contribution in [0.5, 0.6) is 5.75 Å². The number of aryl methyl sites for hydroxylation is 1. The summed E-state index contributed by atoms with van der Waals surface area (Å²) in [6, 6.07) is 8.01. The average Bonchev–Trinajstić information content (AvgIpc) is 3.09. The van der Waals surface area contributed by atoms with Gasteiger partial charge in [0.05, 0.1) is 17.4 Å². The van der Waals surface area contributed by atoms with Gasteiger partial charge in [-0.05, 0) is 62.6 Å². The number of fused-ring (bicyclic) bond motifs is 1. The first-order valence-electron chi connectivity index (χ1n) is 10.8. The van der Waals surface area contributed by atoms with Crippen molar-refractivity contribution < 1.29 is 19.0 Å². The van der Waals surface area contributed by atoms with Crippen LogP contribution in [-0.4, -0.2) is 64.2 Å². The Morgan fingerprint density at radius 2 is 1.80 bits per heavy atom. The van der Waals surface area contributed by atoms with Crippen LogP contribution in [0.3, 0.4) is 0 Å². The molecule has 1 N–H and O–H groups in total. The zero-order chi connectivity index (χ0) is 21.1. The molecule has 3 heterocycles. The number of hydrogen-bond acceptors (Lipinski definition) is 4. The summed E-state index contributed by atoms with van der Waals surface area (Å²) in [5.41, 5.74) is 1.35. The van der Waals surface area contributed by atoms with Crippen LogP contribution >= 0.6 is 0 Å². The number of aliphatic hydroxyl groups is 1. The molecule has 2 aromatic rings. The average molecular weight is 416 g/mol. The van der Waals surface area contributed by atoms with Crippen LogP contribution in [-0.2, 0) is 7.05 Å². The van der Waals surface area contributed by atoms with Crippen molar-refractivity contribution in [2.24, 2.45) is 7.05 Å². The maximum atomic E-state index is 13.0. The Morgan fingerprint density at radius 3 is 2.53 bits per heavy atom. The molecule has 1 amide bonds. The molecule has 6 nitrogen and oxygen atoms in total. The molecule has 1 fully saturated rings. The van der Waals surface area contributed by atoms with Crippen LogP contribution in [0.2, 0.25) is 0 Å². The highest BCUT2D eigenvalue weighted by molar-refractivity contribution is 5.96. The van der Waals surface area contributed by atoms with Crippen molar-refractivity contribution in [2.45, 2.75) is 37.9 Å². The maximum Gasteiger partial charge on any atom is 0.255 e. The number of benzene rings is 1. The lowest BCUT2D eigenvalue weighted by Gasteiger charge is -2.32. The SMILES string of the molecule is Cn1ccc2c1C(O)CCN(CCCN1CCC(Oc3ccc(F)cc3)CC1)C2=O. The number of halogens is 1. The molecule has 0 radical (unpaired) electrons. The Labute approximate surface area is 176 Å². The maximum absolute atomic E-state index is 13.0. The number of ether oxygens (including phenoxy) is 1. The Balaban J connectivity index is 1.22. The van der Waals surface area contributed by atoms with E-state index in [4.69, 9.17) is 4.74 Å². The van der Waals surface area contributed by atoms with E-state index < -0.39 is 6.10 Å². The second-order valence-electron chi connectivity index (χ2n) is 8.29. The summed E-state index contributed by atoms with van der Waals surface area (Å²) in [5, 5.41) is 10.4. The van der Waals surface area contributed by atoms with E-state index in [1.165, 1.54) is 12.1 Å². The largest absolute Gasteiger partial charge is 0.490 e. The number of likely N-dealkylation sites (tertiary alicyclic amines) is 1. The van der Waals surface area contributed by atoms with Crippen LogP contribution in [0, 0.1) is 5.82 Å². The number of nitrogens with zero attached hydrogens (tertiary/aromatic N) is 3. The fraction of sp³-hybridized carbons (Fsp3) is 0.522. The lowest BCUT2D eigenvalue weighted by Crippen LogP contribution is -2.40. The third-order valence-electron chi connectivity index (χ3n) is 6.18. The van der Waals surface area contributed by atoms with Crippen LogP contribution in [0.1, 0.15) is 47.8 Å². The molecule has 30 heavy (non-hydrogen) atoms. The smallest absolute Gasteiger partial charge is 0.255 e. The topological polar surface area (TPSA) is 57.9 Å². The van der Waals surface area contributed by atoms with Crippen LogP contribution in [0.15, 0.2) is 36.5 Å². The summed E-state index contributed by atoms with van der Waals surface area (Å²) in [5.74, 6) is 0.489. The number of aromatic nitrogens is 1. The number of rotatable bonds is 6. The molecular weight excluding hydrogens is 385 g/mol. The fourth-order valence-electron chi connectivity index (χ4n) is 4.48. The molecule has 4 rings (SSSR count). The van der Waals surface area contributed by atoms with Gasteiger partial charge in [0, 0.05) is 39.4 Å². The molecule has 7 heteroatoms. The first-order valence-corrected chi connectivity index (χ1v) is 10.8. The number of carbonyl (C=O) groups is 1. The third kappa shape index (κ3) is 4.68. The van der Waals surface area contributed by atoms with Crippen molar-refractivity contribution in [1.82, 2.24) is 14.4 Å². The number of aliphatic hydroxyl groups excluding tert-OH is 1. The highest BCUT2D eigenvalue weighted by Gasteiger charge is 2.29. The zero-order valence-corrected chi connectivity index (χ0v) is 17.5. The van der Waals surface area contributed by atoms with Crippen molar-refractivity contribution in [1.29, 1.82) is 0 Å². The Bertz CT molecular complexity index is 859. The summed E-state index contributed by atoms with van der Waals surface area (Å²) < 4.78 is 20.8. The number of amides is 1. The molecular formula is C23H30FN3O3. The molecule has 2 aliphatic heterocycles. The van der Waals surface area contributed by atoms with Crippen molar-refractivity contribution in [3.05, 3.63) is 53.6 Å². The van der Waals surface area contributed by atoms with Crippen LogP contribution < -0.4 is 4.74 Å². The van der Waals surface area contributed by atoms with Crippen molar-refractivity contribution in [3.8, 4) is 5.75 Å². The van der Waals surface area contributed by atoms with E-state index in [0.717, 1.165) is 50.3 Å². The van der Waals surface area contributed by atoms with Gasteiger partial charge in [-0.2, -0.15) is 0 Å². The summed E-state index contributed by atoms with van der Waals surface area (Å²) in [6.45, 7) is 4.15. The zero-order valence-electron chi connectivity index (χ0n) is 17.5. The van der Waals surface area contributed by atoms with E-state index in [1.807, 2.05) is 28.8 Å². The third-order valence-corrected chi connectivity index (χ3v) is 6.18. The predicted molar refractivity (Wildman–Crippen MR) is 112 cm³/mol. The van der Waals surface area contributed by atoms with Crippen molar-refractivity contribution in [2.75, 3.05) is 32.7 Å². The molecule has 0 bridgehead atoms. The van der Waals surface area contributed by atoms with E-state index >= 15 is 0 Å². The molecule has 0 saturated carbocycles. The Hall–Kier alpha value is -2.38. The highest BCUT2D eigenvalue weighted by Crippen LogP contribution is 2.27. The molecule has 1 aromatic carbocycles. The Kier molecular flexibility index (Phi) is 6.39. The van der Waals surface area contributed by atoms with Gasteiger partial charge >= 0.3 is 0 Å². The van der Waals surface area contributed by atoms with Gasteiger partial charge in [0.25, 0.3) is 5.91 Å². The van der Waals surface area contributed by atoms with E-state index in [9.17, 15) is 14.3 Å². The minimum absolute atomic E-state index is 0.0218. The van der Waals surface area contributed by atoms with Gasteiger partial charge in [0.1, 0.15) is 17.7 Å². The molecule has 162 valence electrons. The number of carbonyl (C=O) groups excluding carboxylic acids is 1. The Morgan fingerprint density at radius 1 is 1.07 bits per heavy atom. The quantitative estimate of drug-likeness (QED) is 0.788. The fourth-order valence-corrected chi connectivity index (χ4v) is 4.48. The van der Waals surface area contributed by atoms with Gasteiger partial charge in [-0.3, -0.25) is 4.79 Å². The van der Waals surface area contributed by atoms with Gasteiger partial charge in [0.15, 0.2) is 0 Å². The molecule has 1 atom stereocenters. The lowest BCUT2D eigenvalue weighted by molar-refractivity contribution is 0.0722. The molecule has 1 saturated heterocycles. The number of hydrogen-bond donors (Lipinski definition) is 1. The van der Waals surface area contributed by atoms with Gasteiger partial charge in [-0.15, -0.1) is 0 Å². The second-order valence-corrected chi connectivity index (χ2v) is 8.29. The van der Waals surface area contributed by atoms with Crippen LogP contribution in [0.4, 0.5) is 4.39 Å². The molecule has 1 aromatic heterocycles. The van der Waals surface area contributed by atoms with Gasteiger partial charge in [0.2, 0.25) is 0 Å². The molecule has 2 aliphatic rings. The van der Waals surface area contributed by atoms with E-state index in [1.54, 1.807) is 12.1 Å². The van der Waals surface area contributed by atoms with Gasteiger partial charge in [-0.1, -0.05) is 0 Å². The van der Waals surface area contributed by atoms with E-state index in [-0.39, 0.29) is 17.8 Å². The van der Waals surface area contributed by atoms with E-state index in [2.05, 4.69) is 4.90 Å². The molecule has 0 aliphatic carbocycles. The highest BCUT2D eigenvalue weighted by atomic mass is 19.1. The lowest BCUT2D eigenvalue weighted by atomic mass is 10.1. The minimum atomic E-state index is -0.589. The summed E-state index contributed by atoms with van der Waals surface area (Å²) in [6.07, 6.45) is 4.79. The minimum Gasteiger partial charge on any atom is -0.490 e. The van der Waals surface area contributed by atoms with Gasteiger partial charge < -0.3 is 24.2 Å². The van der Waals surface area contributed by atoms with Crippen LogP contribution in [0.25, 0.3) is 0 Å².